The second-order valence-corrected chi connectivity index (χ2v) is 2.48. The third kappa shape index (κ3) is 2.03. The second kappa shape index (κ2) is 3.95. The fraction of sp³-hybridized carbons (Fsp3) is 0.143. The van der Waals surface area contributed by atoms with Crippen LogP contribution in [-0.2, 0) is 0 Å². The van der Waals surface area contributed by atoms with Gasteiger partial charge in [-0.05, 0) is 9.91 Å². The topological polar surface area (TPSA) is 93.3 Å². The van der Waals surface area contributed by atoms with E-state index in [0.717, 1.165) is 0 Å². The van der Waals surface area contributed by atoms with Crippen molar-refractivity contribution in [2.45, 2.75) is 6.43 Å². The summed E-state index contributed by atoms with van der Waals surface area (Å²) in [6, 6.07) is 0.597. The van der Waals surface area contributed by atoms with Crippen LogP contribution >= 0.6 is 0 Å². The van der Waals surface area contributed by atoms with E-state index >= 15 is 0 Å². The molecule has 0 fully saturated rings. The van der Waals surface area contributed by atoms with Gasteiger partial charge in [-0.3, -0.25) is 4.79 Å². The number of alkyl halides is 2. The Morgan fingerprint density at radius 2 is 2.20 bits per heavy atom. The van der Waals surface area contributed by atoms with E-state index < -0.39 is 34.2 Å². The molecule has 0 aliphatic heterocycles. The minimum atomic E-state index is -3.12. The van der Waals surface area contributed by atoms with E-state index in [2.05, 4.69) is 4.98 Å². The van der Waals surface area contributed by atoms with Crippen LogP contribution in [0.5, 0.6) is 5.75 Å². The van der Waals surface area contributed by atoms with Crippen molar-refractivity contribution >= 4 is 12.1 Å². The van der Waals surface area contributed by atoms with E-state index in [1.807, 2.05) is 0 Å². The first-order chi connectivity index (χ1) is 6.97. The van der Waals surface area contributed by atoms with Crippen LogP contribution in [0.15, 0.2) is 6.07 Å². The van der Waals surface area contributed by atoms with Gasteiger partial charge in [-0.1, -0.05) is 0 Å². The monoisotopic (exact) mass is 218 g/mol. The van der Waals surface area contributed by atoms with Crippen molar-refractivity contribution in [3.8, 4) is 5.75 Å². The molecule has 0 aliphatic carbocycles. The molecule has 1 heterocycles. The third-order valence-corrected chi connectivity index (χ3v) is 1.55. The number of rotatable bonds is 3. The Bertz CT molecular complexity index is 422. The zero-order valence-corrected chi connectivity index (χ0v) is 7.05. The first-order valence-electron chi connectivity index (χ1n) is 3.59. The SMILES string of the molecule is O=Cc1cc(C(F)F)c(O)c([N+](=O)[O-])n1. The lowest BCUT2D eigenvalue weighted by molar-refractivity contribution is -0.390. The summed E-state index contributed by atoms with van der Waals surface area (Å²) in [6.45, 7) is 0. The van der Waals surface area contributed by atoms with Crippen molar-refractivity contribution in [3.63, 3.8) is 0 Å². The summed E-state index contributed by atoms with van der Waals surface area (Å²) in [6.07, 6.45) is -3.04. The fourth-order valence-corrected chi connectivity index (χ4v) is 0.918. The quantitative estimate of drug-likeness (QED) is 0.470. The van der Waals surface area contributed by atoms with Gasteiger partial charge in [-0.2, -0.15) is 0 Å². The van der Waals surface area contributed by atoms with Crippen molar-refractivity contribution in [2.75, 3.05) is 0 Å². The summed E-state index contributed by atoms with van der Waals surface area (Å²) in [5, 5.41) is 19.3. The van der Waals surface area contributed by atoms with Crippen molar-refractivity contribution in [1.29, 1.82) is 0 Å². The Morgan fingerprint density at radius 1 is 1.60 bits per heavy atom. The van der Waals surface area contributed by atoms with Crippen LogP contribution < -0.4 is 0 Å². The molecule has 0 saturated carbocycles. The Morgan fingerprint density at radius 3 is 2.60 bits per heavy atom. The molecule has 1 aromatic heterocycles. The van der Waals surface area contributed by atoms with Crippen LogP contribution in [0.4, 0.5) is 14.6 Å². The zero-order valence-electron chi connectivity index (χ0n) is 7.05. The van der Waals surface area contributed by atoms with Gasteiger partial charge < -0.3 is 15.2 Å². The fourth-order valence-electron chi connectivity index (χ4n) is 0.918. The molecule has 0 amide bonds. The molecular weight excluding hydrogens is 214 g/mol. The van der Waals surface area contributed by atoms with Gasteiger partial charge in [-0.15, -0.1) is 0 Å². The first kappa shape index (κ1) is 11.0. The highest BCUT2D eigenvalue weighted by Gasteiger charge is 2.26. The average Bonchev–Trinajstić information content (AvgIpc) is 2.17. The summed E-state index contributed by atoms with van der Waals surface area (Å²) in [7, 11) is 0. The average molecular weight is 218 g/mol. The summed E-state index contributed by atoms with van der Waals surface area (Å²) in [4.78, 5) is 22.5. The van der Waals surface area contributed by atoms with Crippen LogP contribution in [-0.4, -0.2) is 21.3 Å². The van der Waals surface area contributed by atoms with Gasteiger partial charge in [0.1, 0.15) is 0 Å². The normalized spacial score (nSPS) is 10.3. The third-order valence-electron chi connectivity index (χ3n) is 1.55. The minimum Gasteiger partial charge on any atom is -0.501 e. The lowest BCUT2D eigenvalue weighted by Gasteiger charge is -2.02. The predicted molar refractivity (Wildman–Crippen MR) is 42.9 cm³/mol. The first-order valence-corrected chi connectivity index (χ1v) is 3.59. The molecule has 0 bridgehead atoms. The summed E-state index contributed by atoms with van der Waals surface area (Å²) < 4.78 is 24.5. The predicted octanol–water partition coefficient (Wildman–Crippen LogP) is 1.45. The molecule has 80 valence electrons. The van der Waals surface area contributed by atoms with E-state index in [1.165, 1.54) is 0 Å². The number of hydrogen-bond acceptors (Lipinski definition) is 5. The highest BCUT2D eigenvalue weighted by Crippen LogP contribution is 2.34. The van der Waals surface area contributed by atoms with E-state index in [0.29, 0.717) is 6.07 Å². The molecule has 0 atom stereocenters. The molecule has 0 aromatic carbocycles. The Balaban J connectivity index is 3.46. The van der Waals surface area contributed by atoms with Gasteiger partial charge in [0, 0.05) is 6.07 Å². The zero-order chi connectivity index (χ0) is 11.6. The molecule has 8 heteroatoms. The molecule has 0 radical (unpaired) electrons. The number of carbonyl (C=O) groups is 1. The number of aromatic nitrogens is 1. The van der Waals surface area contributed by atoms with Gasteiger partial charge in [-0.25, -0.2) is 8.78 Å². The van der Waals surface area contributed by atoms with E-state index in [1.54, 1.807) is 0 Å². The number of nitrogens with zero attached hydrogens (tertiary/aromatic N) is 2. The van der Waals surface area contributed by atoms with Crippen LogP contribution in [0.2, 0.25) is 0 Å². The summed E-state index contributed by atoms with van der Waals surface area (Å²) >= 11 is 0. The summed E-state index contributed by atoms with van der Waals surface area (Å²) in [5.74, 6) is -2.38. The van der Waals surface area contributed by atoms with Gasteiger partial charge >= 0.3 is 5.82 Å². The number of carbonyl (C=O) groups excluding carboxylic acids is 1. The second-order valence-electron chi connectivity index (χ2n) is 2.48. The van der Waals surface area contributed by atoms with Crippen molar-refractivity contribution in [3.05, 3.63) is 27.4 Å². The Kier molecular flexibility index (Phi) is 2.88. The van der Waals surface area contributed by atoms with Gasteiger partial charge in [0.15, 0.2) is 6.29 Å². The number of aromatic hydroxyl groups is 1. The minimum absolute atomic E-state index is 0.0817. The lowest BCUT2D eigenvalue weighted by atomic mass is 10.2. The Hall–Kier alpha value is -2.12. The Labute approximate surface area is 81.3 Å². The maximum Gasteiger partial charge on any atom is 0.407 e. The highest BCUT2D eigenvalue weighted by atomic mass is 19.3. The van der Waals surface area contributed by atoms with Gasteiger partial charge in [0.2, 0.25) is 11.4 Å². The van der Waals surface area contributed by atoms with Crippen LogP contribution in [0.25, 0.3) is 0 Å². The molecule has 0 spiro atoms. The number of pyridine rings is 1. The number of hydrogen-bond donors (Lipinski definition) is 1. The molecule has 1 aromatic rings. The van der Waals surface area contributed by atoms with Crippen molar-refractivity contribution < 1.29 is 23.6 Å². The molecule has 15 heavy (non-hydrogen) atoms. The van der Waals surface area contributed by atoms with E-state index in [4.69, 9.17) is 5.11 Å². The largest absolute Gasteiger partial charge is 0.501 e. The number of halogens is 2. The van der Waals surface area contributed by atoms with Gasteiger partial charge in [0.05, 0.1) is 5.56 Å². The molecule has 0 aliphatic rings. The molecular formula is C7H4F2N2O4. The van der Waals surface area contributed by atoms with Crippen LogP contribution in [0.1, 0.15) is 22.5 Å². The lowest BCUT2D eigenvalue weighted by Crippen LogP contribution is -2.00. The molecule has 1 rings (SSSR count). The molecule has 0 saturated heterocycles. The smallest absolute Gasteiger partial charge is 0.407 e. The van der Waals surface area contributed by atoms with Crippen molar-refractivity contribution in [1.82, 2.24) is 4.98 Å². The molecule has 0 unspecified atom stereocenters. The van der Waals surface area contributed by atoms with E-state index in [-0.39, 0.29) is 6.29 Å². The number of aldehydes is 1. The van der Waals surface area contributed by atoms with Crippen LogP contribution in [0.3, 0.4) is 0 Å². The molecule has 1 N–H and O–H groups in total. The maximum absolute atomic E-state index is 12.3. The van der Waals surface area contributed by atoms with Gasteiger partial charge in [0.25, 0.3) is 6.43 Å². The number of nitro groups is 1. The van der Waals surface area contributed by atoms with E-state index in [9.17, 15) is 23.7 Å². The van der Waals surface area contributed by atoms with Crippen molar-refractivity contribution in [2.24, 2.45) is 0 Å². The maximum atomic E-state index is 12.3. The van der Waals surface area contributed by atoms with Crippen LogP contribution in [0, 0.1) is 10.1 Å². The standard InChI is InChI=1S/C7H4F2N2O4/c8-6(9)4-1-3(2-12)10-7(5(4)13)11(14)15/h1-2,6,13H. The highest BCUT2D eigenvalue weighted by molar-refractivity contribution is 5.74. The summed E-state index contributed by atoms with van der Waals surface area (Å²) in [5.41, 5.74) is -1.52. The molecule has 6 nitrogen and oxygen atoms in total.